The maximum Gasteiger partial charge on any atom is 0.344 e. The van der Waals surface area contributed by atoms with E-state index in [1.807, 2.05) is 0 Å². The van der Waals surface area contributed by atoms with E-state index in [0.29, 0.717) is 0 Å². The third-order valence-electron chi connectivity index (χ3n) is 4.12. The first-order valence-electron chi connectivity index (χ1n) is 7.03. The highest BCUT2D eigenvalue weighted by molar-refractivity contribution is 7.56. The van der Waals surface area contributed by atoms with Crippen molar-refractivity contribution in [1.82, 2.24) is 0 Å². The van der Waals surface area contributed by atoms with Gasteiger partial charge in [-0.3, -0.25) is 33.1 Å². The van der Waals surface area contributed by atoms with Gasteiger partial charge in [-0.2, -0.15) is 0 Å². The summed E-state index contributed by atoms with van der Waals surface area (Å²) in [6.45, 7) is 0. The fourth-order valence-electron chi connectivity index (χ4n) is 2.84. The van der Waals surface area contributed by atoms with Gasteiger partial charge in [-0.15, -0.1) is 0 Å². The van der Waals surface area contributed by atoms with Gasteiger partial charge in [0.15, 0.2) is 10.3 Å². The van der Waals surface area contributed by atoms with Crippen LogP contribution in [0.3, 0.4) is 0 Å². The SMILES string of the molecule is O=C(O)CCC(C(=O)O)(C(C(=O)O)C(CC(=O)O)(C(=O)O)P(=O)(O)O)P(=O)(O)O. The van der Waals surface area contributed by atoms with E-state index in [-0.39, 0.29) is 0 Å². The van der Waals surface area contributed by atoms with Gasteiger partial charge in [0, 0.05) is 6.42 Å². The summed E-state index contributed by atoms with van der Waals surface area (Å²) < 4.78 is 23.9. The Morgan fingerprint density at radius 1 is 0.690 bits per heavy atom. The van der Waals surface area contributed by atoms with Crippen LogP contribution < -0.4 is 0 Å². The number of rotatable bonds is 12. The first-order valence-corrected chi connectivity index (χ1v) is 10.3. The van der Waals surface area contributed by atoms with E-state index in [4.69, 9.17) is 10.2 Å². The van der Waals surface area contributed by atoms with Crippen LogP contribution in [0.1, 0.15) is 19.3 Å². The summed E-state index contributed by atoms with van der Waals surface area (Å²) in [5.74, 6) is -16.5. The summed E-state index contributed by atoms with van der Waals surface area (Å²) in [4.78, 5) is 95.2. The fourth-order valence-corrected chi connectivity index (χ4v) is 5.52. The lowest BCUT2D eigenvalue weighted by molar-refractivity contribution is -0.162. The van der Waals surface area contributed by atoms with Crippen LogP contribution in [0, 0.1) is 5.92 Å². The van der Waals surface area contributed by atoms with Crippen molar-refractivity contribution in [1.29, 1.82) is 0 Å². The first kappa shape index (κ1) is 26.6. The van der Waals surface area contributed by atoms with E-state index in [2.05, 4.69) is 0 Å². The molecule has 0 aliphatic heterocycles. The predicted molar refractivity (Wildman–Crippen MR) is 85.1 cm³/mol. The molecule has 9 N–H and O–H groups in total. The molecular formula is C11H16O16P2. The number of carbonyl (C=O) groups is 5. The van der Waals surface area contributed by atoms with E-state index in [9.17, 15) is 68.0 Å². The molecule has 0 fully saturated rings. The second-order valence-electron chi connectivity index (χ2n) is 5.78. The molecule has 3 atom stereocenters. The molecule has 0 heterocycles. The standard InChI is InChI=1S/C11H16O16P2/c12-4(13)1-2-10(8(18)19,28(22,23)24)6(7(16)17)11(9(20)21,3-5(14)15)29(25,26)27/h6H,1-3H2,(H,12,13)(H,14,15)(H,16,17)(H,18,19)(H,20,21)(H2,22,23,24)(H2,25,26,27). The van der Waals surface area contributed by atoms with Crippen LogP contribution in [-0.2, 0) is 33.1 Å². The van der Waals surface area contributed by atoms with Crippen LogP contribution in [0.15, 0.2) is 0 Å². The maximum atomic E-state index is 12.0. The summed E-state index contributed by atoms with van der Waals surface area (Å²) in [5, 5.41) is 37.1. The van der Waals surface area contributed by atoms with Crippen LogP contribution >= 0.6 is 15.2 Å². The van der Waals surface area contributed by atoms with Crippen LogP contribution in [0.4, 0.5) is 0 Å². The monoisotopic (exact) mass is 466 g/mol. The van der Waals surface area contributed by atoms with Crippen molar-refractivity contribution in [3.63, 3.8) is 0 Å². The Morgan fingerprint density at radius 3 is 1.28 bits per heavy atom. The number of carboxylic acids is 5. The molecule has 29 heavy (non-hydrogen) atoms. The average molecular weight is 466 g/mol. The van der Waals surface area contributed by atoms with Crippen molar-refractivity contribution >= 4 is 45.0 Å². The fraction of sp³-hybridized carbons (Fsp3) is 0.545. The average Bonchev–Trinajstić information content (AvgIpc) is 2.45. The van der Waals surface area contributed by atoms with Gasteiger partial charge in [0.1, 0.15) is 5.92 Å². The van der Waals surface area contributed by atoms with Crippen LogP contribution in [0.2, 0.25) is 0 Å². The molecular weight excluding hydrogens is 450 g/mol. The van der Waals surface area contributed by atoms with Gasteiger partial charge in [0.2, 0.25) is 0 Å². The molecule has 166 valence electrons. The maximum absolute atomic E-state index is 12.0. The minimum absolute atomic E-state index is 1.48. The highest BCUT2D eigenvalue weighted by Crippen LogP contribution is 2.67. The smallest absolute Gasteiger partial charge is 0.344 e. The molecule has 0 aliphatic carbocycles. The van der Waals surface area contributed by atoms with Gasteiger partial charge in [0.25, 0.3) is 0 Å². The van der Waals surface area contributed by atoms with Crippen molar-refractivity contribution in [2.45, 2.75) is 29.6 Å². The molecule has 3 unspecified atom stereocenters. The Morgan fingerprint density at radius 2 is 1.07 bits per heavy atom. The highest BCUT2D eigenvalue weighted by Gasteiger charge is 2.75. The summed E-state index contributed by atoms with van der Waals surface area (Å²) in [7, 11) is -12.9. The molecule has 16 nitrogen and oxygen atoms in total. The second-order valence-corrected chi connectivity index (χ2v) is 9.55. The lowest BCUT2D eigenvalue weighted by atomic mass is 9.75. The topological polar surface area (TPSA) is 302 Å². The van der Waals surface area contributed by atoms with Gasteiger partial charge in [-0.25, -0.2) is 0 Å². The van der Waals surface area contributed by atoms with E-state index in [1.165, 1.54) is 0 Å². The Kier molecular flexibility index (Phi) is 7.87. The van der Waals surface area contributed by atoms with Crippen molar-refractivity contribution in [3.8, 4) is 0 Å². The van der Waals surface area contributed by atoms with Crippen molar-refractivity contribution in [2.75, 3.05) is 0 Å². The summed E-state index contributed by atoms with van der Waals surface area (Å²) >= 11 is 0. The van der Waals surface area contributed by atoms with Gasteiger partial charge in [0.05, 0.1) is 6.42 Å². The summed E-state index contributed by atoms with van der Waals surface area (Å²) in [6.07, 6.45) is -5.54. The quantitative estimate of drug-likeness (QED) is 0.141. The van der Waals surface area contributed by atoms with Crippen LogP contribution in [0.5, 0.6) is 0 Å². The summed E-state index contributed by atoms with van der Waals surface area (Å²) in [5.41, 5.74) is 0. The number of aliphatic carboxylic acids is 5. The van der Waals surface area contributed by atoms with Gasteiger partial charge in [-0.1, -0.05) is 0 Å². The van der Waals surface area contributed by atoms with Crippen LogP contribution in [-0.4, -0.2) is 85.3 Å². The van der Waals surface area contributed by atoms with Crippen molar-refractivity contribution in [3.05, 3.63) is 0 Å². The molecule has 0 radical (unpaired) electrons. The molecule has 0 saturated heterocycles. The lowest BCUT2D eigenvalue weighted by Crippen LogP contribution is -2.62. The van der Waals surface area contributed by atoms with E-state index >= 15 is 0 Å². The molecule has 0 aromatic heterocycles. The summed E-state index contributed by atoms with van der Waals surface area (Å²) in [6, 6.07) is 0. The van der Waals surface area contributed by atoms with E-state index in [0.717, 1.165) is 0 Å². The van der Waals surface area contributed by atoms with Crippen molar-refractivity contribution < 1.29 is 78.2 Å². The third kappa shape index (κ3) is 4.80. The Hall–Kier alpha value is -2.35. The largest absolute Gasteiger partial charge is 0.481 e. The zero-order chi connectivity index (χ0) is 23.6. The Balaban J connectivity index is 7.62. The molecule has 0 saturated carbocycles. The number of hydrogen-bond acceptors (Lipinski definition) is 7. The molecule has 0 bridgehead atoms. The highest BCUT2D eigenvalue weighted by atomic mass is 31.2. The molecule has 0 spiro atoms. The molecule has 0 amide bonds. The van der Waals surface area contributed by atoms with E-state index in [1.54, 1.807) is 0 Å². The molecule has 0 aromatic rings. The van der Waals surface area contributed by atoms with Gasteiger partial charge < -0.3 is 45.1 Å². The van der Waals surface area contributed by atoms with E-state index < -0.39 is 80.5 Å². The first-order chi connectivity index (χ1) is 12.8. The zero-order valence-electron chi connectivity index (χ0n) is 14.0. The molecule has 18 heteroatoms. The second kappa shape index (κ2) is 8.57. The normalized spacial score (nSPS) is 17.4. The number of hydrogen-bond donors (Lipinski definition) is 9. The Bertz CT molecular complexity index is 821. The third-order valence-corrected chi connectivity index (χ3v) is 7.48. The minimum Gasteiger partial charge on any atom is -0.481 e. The zero-order valence-corrected chi connectivity index (χ0v) is 15.8. The molecule has 0 aliphatic rings. The number of carboxylic acid groups (broad SMARTS) is 5. The molecule has 0 rings (SSSR count). The Labute approximate surface area is 159 Å². The molecule has 0 aromatic carbocycles. The lowest BCUT2D eigenvalue weighted by Gasteiger charge is -2.43. The van der Waals surface area contributed by atoms with Gasteiger partial charge in [-0.05, 0) is 6.42 Å². The predicted octanol–water partition coefficient (Wildman–Crippen LogP) is -1.97. The van der Waals surface area contributed by atoms with Gasteiger partial charge >= 0.3 is 45.0 Å². The van der Waals surface area contributed by atoms with Crippen molar-refractivity contribution in [2.24, 2.45) is 5.92 Å². The van der Waals surface area contributed by atoms with Crippen LogP contribution in [0.25, 0.3) is 0 Å². The minimum atomic E-state index is -6.50.